The van der Waals surface area contributed by atoms with E-state index >= 15 is 0 Å². The molecule has 7 heteroatoms. The Balaban J connectivity index is 1.46. The predicted molar refractivity (Wildman–Crippen MR) is 99.8 cm³/mol. The zero-order valence-electron chi connectivity index (χ0n) is 14.4. The Bertz CT molecular complexity index is 857. The van der Waals surface area contributed by atoms with Crippen LogP contribution in [0.15, 0.2) is 48.8 Å². The van der Waals surface area contributed by atoms with Crippen molar-refractivity contribution in [2.45, 2.75) is 6.54 Å². The van der Waals surface area contributed by atoms with Crippen molar-refractivity contribution in [2.24, 2.45) is 0 Å². The van der Waals surface area contributed by atoms with Gasteiger partial charge >= 0.3 is 0 Å². The van der Waals surface area contributed by atoms with Crippen LogP contribution in [0.1, 0.15) is 0 Å². The predicted octanol–water partition coefficient (Wildman–Crippen LogP) is 1.73. The molecular formula is C18H22N6O. The molecule has 2 heterocycles. The second-order valence-electron chi connectivity index (χ2n) is 5.97. The molecule has 0 bridgehead atoms. The molecule has 2 N–H and O–H groups in total. The number of carbonyl (C=O) groups is 1. The molecule has 0 aliphatic rings. The number of rotatable bonds is 7. The summed E-state index contributed by atoms with van der Waals surface area (Å²) in [4.78, 5) is 14.1. The van der Waals surface area contributed by atoms with Crippen molar-refractivity contribution in [2.75, 3.05) is 37.4 Å². The quantitative estimate of drug-likeness (QED) is 0.642. The van der Waals surface area contributed by atoms with Gasteiger partial charge in [0, 0.05) is 45.0 Å². The molecule has 0 radical (unpaired) electrons. The van der Waals surface area contributed by atoms with E-state index in [-0.39, 0.29) is 5.91 Å². The zero-order chi connectivity index (χ0) is 17.6. The number of carbonyl (C=O) groups excluding carboxylic acids is 1. The van der Waals surface area contributed by atoms with Gasteiger partial charge in [-0.05, 0) is 17.5 Å². The monoisotopic (exact) mass is 338 g/mol. The molecule has 1 aromatic carbocycles. The second-order valence-corrected chi connectivity index (χ2v) is 5.97. The molecule has 2 aromatic heterocycles. The second kappa shape index (κ2) is 7.65. The minimum atomic E-state index is -0.0173. The minimum absolute atomic E-state index is 0.0173. The largest absolute Gasteiger partial charge is 0.376 e. The van der Waals surface area contributed by atoms with Crippen molar-refractivity contribution in [3.63, 3.8) is 0 Å². The Hall–Kier alpha value is -3.09. The fourth-order valence-corrected chi connectivity index (χ4v) is 2.57. The normalized spacial score (nSPS) is 10.6. The summed E-state index contributed by atoms with van der Waals surface area (Å²) in [6.07, 6.45) is 3.64. The van der Waals surface area contributed by atoms with Crippen molar-refractivity contribution in [3.05, 3.63) is 48.8 Å². The summed E-state index contributed by atoms with van der Waals surface area (Å²) in [6, 6.07) is 12.0. The lowest BCUT2D eigenvalue weighted by Gasteiger charge is -2.13. The molecule has 3 aromatic rings. The summed E-state index contributed by atoms with van der Waals surface area (Å²) in [5.74, 6) is 0.674. The highest BCUT2D eigenvalue weighted by molar-refractivity contribution is 5.83. The number of hydrogen-bond acceptors (Lipinski definition) is 5. The van der Waals surface area contributed by atoms with E-state index in [9.17, 15) is 4.79 Å². The van der Waals surface area contributed by atoms with Gasteiger partial charge in [0.2, 0.25) is 5.91 Å². The van der Waals surface area contributed by atoms with Crippen LogP contribution in [-0.2, 0) is 11.3 Å². The lowest BCUT2D eigenvalue weighted by molar-refractivity contribution is -0.121. The van der Waals surface area contributed by atoms with E-state index in [1.54, 1.807) is 6.20 Å². The molecule has 0 spiro atoms. The van der Waals surface area contributed by atoms with Crippen LogP contribution in [0.3, 0.4) is 0 Å². The van der Waals surface area contributed by atoms with Gasteiger partial charge in [0.05, 0.1) is 11.9 Å². The number of amides is 1. The van der Waals surface area contributed by atoms with Crippen molar-refractivity contribution >= 4 is 28.3 Å². The van der Waals surface area contributed by atoms with E-state index in [0.717, 1.165) is 16.6 Å². The maximum absolute atomic E-state index is 12.1. The first-order chi connectivity index (χ1) is 12.1. The number of hydrogen-bond donors (Lipinski definition) is 2. The van der Waals surface area contributed by atoms with Crippen molar-refractivity contribution in [3.8, 4) is 0 Å². The van der Waals surface area contributed by atoms with Crippen molar-refractivity contribution in [1.82, 2.24) is 20.1 Å². The van der Waals surface area contributed by atoms with E-state index in [4.69, 9.17) is 0 Å². The highest BCUT2D eigenvalue weighted by atomic mass is 16.1. The van der Waals surface area contributed by atoms with E-state index in [1.165, 1.54) is 0 Å². The van der Waals surface area contributed by atoms with E-state index in [0.29, 0.717) is 25.5 Å². The standard InChI is InChI=1S/C18H22N6O/c1-23(2)15-11-17(22-21-12-15)19-8-9-20-18(25)13-24-10-7-14-5-3-4-6-16(14)24/h3-7,10-12H,8-9,13H2,1-2H3,(H,19,22)(H,20,25). The van der Waals surface area contributed by atoms with Crippen LogP contribution in [0.4, 0.5) is 11.5 Å². The lowest BCUT2D eigenvalue weighted by Crippen LogP contribution is -2.31. The molecule has 0 fully saturated rings. The number of nitrogens with one attached hydrogen (secondary N) is 2. The number of fused-ring (bicyclic) bond motifs is 1. The maximum atomic E-state index is 12.1. The van der Waals surface area contributed by atoms with Crippen LogP contribution in [-0.4, -0.2) is 47.9 Å². The fraction of sp³-hybridized carbons (Fsp3) is 0.278. The minimum Gasteiger partial charge on any atom is -0.376 e. The van der Waals surface area contributed by atoms with E-state index in [2.05, 4.69) is 20.8 Å². The first kappa shape index (κ1) is 16.8. The van der Waals surface area contributed by atoms with Gasteiger partial charge in [0.15, 0.2) is 5.82 Å². The van der Waals surface area contributed by atoms with Crippen LogP contribution in [0.2, 0.25) is 0 Å². The zero-order valence-corrected chi connectivity index (χ0v) is 14.4. The first-order valence-electron chi connectivity index (χ1n) is 8.18. The van der Waals surface area contributed by atoms with Crippen LogP contribution in [0.25, 0.3) is 10.9 Å². The number of aromatic nitrogens is 3. The highest BCUT2D eigenvalue weighted by Crippen LogP contribution is 2.14. The Morgan fingerprint density at radius 3 is 2.88 bits per heavy atom. The van der Waals surface area contributed by atoms with Gasteiger partial charge in [-0.25, -0.2) is 0 Å². The topological polar surface area (TPSA) is 75.1 Å². The van der Waals surface area contributed by atoms with E-state index < -0.39 is 0 Å². The summed E-state index contributed by atoms with van der Waals surface area (Å²) in [6.45, 7) is 1.42. The van der Waals surface area contributed by atoms with Crippen LogP contribution >= 0.6 is 0 Å². The van der Waals surface area contributed by atoms with Gasteiger partial charge < -0.3 is 20.1 Å². The first-order valence-corrected chi connectivity index (χ1v) is 8.18. The number of benzene rings is 1. The van der Waals surface area contributed by atoms with Gasteiger partial charge in [-0.15, -0.1) is 5.10 Å². The summed E-state index contributed by atoms with van der Waals surface area (Å²) in [5.41, 5.74) is 2.03. The molecule has 130 valence electrons. The van der Waals surface area contributed by atoms with Crippen molar-refractivity contribution < 1.29 is 4.79 Å². The van der Waals surface area contributed by atoms with Gasteiger partial charge in [-0.2, -0.15) is 5.10 Å². The van der Waals surface area contributed by atoms with Crippen LogP contribution in [0, 0.1) is 0 Å². The van der Waals surface area contributed by atoms with Gasteiger partial charge in [0.1, 0.15) is 6.54 Å². The maximum Gasteiger partial charge on any atom is 0.240 e. The Morgan fingerprint density at radius 2 is 2.04 bits per heavy atom. The Kier molecular flexibility index (Phi) is 5.13. The average molecular weight is 338 g/mol. The van der Waals surface area contributed by atoms with E-state index in [1.807, 2.05) is 66.2 Å². The molecule has 1 amide bonds. The highest BCUT2D eigenvalue weighted by Gasteiger charge is 2.05. The fourth-order valence-electron chi connectivity index (χ4n) is 2.57. The molecule has 7 nitrogen and oxygen atoms in total. The van der Waals surface area contributed by atoms with Gasteiger partial charge in [-0.1, -0.05) is 18.2 Å². The molecule has 3 rings (SSSR count). The molecule has 0 aliphatic heterocycles. The molecule has 0 aliphatic carbocycles. The molecule has 0 saturated heterocycles. The molecular weight excluding hydrogens is 316 g/mol. The van der Waals surface area contributed by atoms with Crippen LogP contribution in [0.5, 0.6) is 0 Å². The van der Waals surface area contributed by atoms with Gasteiger partial charge in [0.25, 0.3) is 0 Å². The van der Waals surface area contributed by atoms with Gasteiger partial charge in [-0.3, -0.25) is 4.79 Å². The number of para-hydroxylation sites is 1. The third-order valence-electron chi connectivity index (χ3n) is 3.90. The van der Waals surface area contributed by atoms with Crippen molar-refractivity contribution in [1.29, 1.82) is 0 Å². The molecule has 0 unspecified atom stereocenters. The smallest absolute Gasteiger partial charge is 0.240 e. The lowest BCUT2D eigenvalue weighted by atomic mass is 10.2. The Morgan fingerprint density at radius 1 is 1.20 bits per heavy atom. The van der Waals surface area contributed by atoms with Crippen LogP contribution < -0.4 is 15.5 Å². The number of nitrogens with zero attached hydrogens (tertiary/aromatic N) is 4. The third-order valence-corrected chi connectivity index (χ3v) is 3.90. The molecule has 0 atom stereocenters. The Labute approximate surface area is 146 Å². The molecule has 25 heavy (non-hydrogen) atoms. The SMILES string of the molecule is CN(C)c1cnnc(NCCNC(=O)Cn2ccc3ccccc32)c1. The summed E-state index contributed by atoms with van der Waals surface area (Å²) >= 11 is 0. The summed E-state index contributed by atoms with van der Waals surface area (Å²) in [5, 5.41) is 15.2. The number of anilines is 2. The third kappa shape index (κ3) is 4.26. The average Bonchev–Trinajstić information content (AvgIpc) is 3.02. The summed E-state index contributed by atoms with van der Waals surface area (Å²) in [7, 11) is 3.90. The summed E-state index contributed by atoms with van der Waals surface area (Å²) < 4.78 is 1.95. The molecule has 0 saturated carbocycles.